The van der Waals surface area contributed by atoms with Crippen LogP contribution >= 0.6 is 0 Å². The molecule has 8 nitrogen and oxygen atoms in total. The quantitative estimate of drug-likeness (QED) is 0.115. The molecule has 3 aromatic carbocycles. The Morgan fingerprint density at radius 1 is 0.894 bits per heavy atom. The molecule has 3 aromatic rings. The average molecular weight is 661 g/mol. The van der Waals surface area contributed by atoms with Crippen LogP contribution in [0.1, 0.15) is 72.9 Å². The van der Waals surface area contributed by atoms with Crippen LogP contribution in [0.15, 0.2) is 72.8 Å². The van der Waals surface area contributed by atoms with Crippen molar-refractivity contribution in [2.75, 3.05) is 30.9 Å². The van der Waals surface area contributed by atoms with Crippen molar-refractivity contribution in [1.29, 1.82) is 0 Å². The molecule has 0 saturated carbocycles. The van der Waals surface area contributed by atoms with E-state index in [0.29, 0.717) is 44.2 Å². The molecule has 3 atom stereocenters. The number of sulfonamides is 1. The Labute approximate surface area is 276 Å². The van der Waals surface area contributed by atoms with Crippen LogP contribution in [0.25, 0.3) is 0 Å². The summed E-state index contributed by atoms with van der Waals surface area (Å²) in [5, 5.41) is 29.3. The first-order chi connectivity index (χ1) is 22.6. The van der Waals surface area contributed by atoms with Gasteiger partial charge in [-0.05, 0) is 85.3 Å². The Balaban J connectivity index is 1.46. The van der Waals surface area contributed by atoms with Gasteiger partial charge in [0.05, 0.1) is 24.3 Å². The number of benzene rings is 3. The van der Waals surface area contributed by atoms with Gasteiger partial charge in [-0.25, -0.2) is 17.5 Å². The van der Waals surface area contributed by atoms with E-state index in [9.17, 15) is 32.9 Å². The number of hydrogen-bond donors (Lipinski definition) is 4. The van der Waals surface area contributed by atoms with Crippen molar-refractivity contribution < 1.29 is 32.9 Å². The number of amides is 1. The lowest BCUT2D eigenvalue weighted by Crippen LogP contribution is -2.55. The van der Waals surface area contributed by atoms with Crippen LogP contribution in [0.3, 0.4) is 0 Å². The maximum Gasteiger partial charge on any atom is 0.233 e. The molecular formula is C37H41FN2O6S. The number of aliphatic hydroxyl groups is 3. The molecule has 0 unspecified atom stereocenters. The van der Waals surface area contributed by atoms with Gasteiger partial charge in [-0.15, -0.1) is 0 Å². The number of unbranched alkanes of at least 4 members (excludes halogenated alkanes) is 2. The van der Waals surface area contributed by atoms with Crippen molar-refractivity contribution in [3.63, 3.8) is 0 Å². The molecule has 0 aromatic heterocycles. The summed E-state index contributed by atoms with van der Waals surface area (Å²) in [6.45, 7) is 0.124. The highest BCUT2D eigenvalue weighted by molar-refractivity contribution is 7.88. The van der Waals surface area contributed by atoms with Gasteiger partial charge in [-0.1, -0.05) is 47.9 Å². The fourth-order valence-electron chi connectivity index (χ4n) is 5.40. The predicted molar refractivity (Wildman–Crippen MR) is 180 cm³/mol. The van der Waals surface area contributed by atoms with Gasteiger partial charge in [0.25, 0.3) is 0 Å². The lowest BCUT2D eigenvalue weighted by Gasteiger charge is -2.48. The molecule has 1 amide bonds. The van der Waals surface area contributed by atoms with Crippen molar-refractivity contribution in [3.8, 4) is 23.7 Å². The minimum absolute atomic E-state index is 0.0502. The number of nitrogens with one attached hydrogen (secondary N) is 1. The van der Waals surface area contributed by atoms with E-state index in [1.165, 1.54) is 12.1 Å². The number of aliphatic hydroxyl groups excluding tert-OH is 3. The molecular weight excluding hydrogens is 619 g/mol. The second-order valence-corrected chi connectivity index (χ2v) is 13.6. The number of nitrogens with zero attached hydrogens (tertiary/aromatic N) is 1. The number of hydrogen-bond acceptors (Lipinski definition) is 6. The SMILES string of the molecule is CS(=O)(=O)NCCCCC#Cc1ccc(N2C(=O)[C@H](CC[C@H](O)c3ccc(F)cc3)[C@H]2c2ccc(C#CCC(CO)CO)cc2)cc1. The van der Waals surface area contributed by atoms with Gasteiger partial charge in [-0.2, -0.15) is 0 Å². The van der Waals surface area contributed by atoms with E-state index >= 15 is 0 Å². The van der Waals surface area contributed by atoms with Crippen molar-refractivity contribution >= 4 is 21.6 Å². The summed E-state index contributed by atoms with van der Waals surface area (Å²) in [5.41, 5.74) is 3.84. The van der Waals surface area contributed by atoms with E-state index in [0.717, 1.165) is 35.1 Å². The van der Waals surface area contributed by atoms with Crippen LogP contribution < -0.4 is 9.62 Å². The Kier molecular flexibility index (Phi) is 13.1. The number of β-lactam (4-membered cyclic amide) rings is 1. The Morgan fingerprint density at radius 3 is 2.13 bits per heavy atom. The fourth-order valence-corrected chi connectivity index (χ4v) is 5.92. The number of carbonyl (C=O) groups excluding carboxylic acids is 1. The molecule has 0 aliphatic carbocycles. The minimum atomic E-state index is -3.18. The molecule has 0 spiro atoms. The zero-order valence-electron chi connectivity index (χ0n) is 26.4. The maximum absolute atomic E-state index is 13.6. The molecule has 10 heteroatoms. The van der Waals surface area contributed by atoms with E-state index in [-0.39, 0.29) is 42.8 Å². The van der Waals surface area contributed by atoms with Gasteiger partial charge in [0.2, 0.25) is 15.9 Å². The van der Waals surface area contributed by atoms with E-state index < -0.39 is 16.1 Å². The fraction of sp³-hybridized carbons (Fsp3) is 0.378. The standard InChI is InChI=1S/C37H41FN2O6S/c1-47(45,46)39-24-5-3-2-4-7-27-12-20-33(21-13-27)40-36(31-14-10-28(11-15-31)8-6-9-29(25-41)26-42)34(37(40)44)22-23-35(43)30-16-18-32(38)19-17-30/h10-21,29,34-36,39,41-43H,2-3,5,9,22-26H2,1H3/t34-,35+,36-/m1/s1. The third-order valence-electron chi connectivity index (χ3n) is 8.08. The van der Waals surface area contributed by atoms with Crippen LogP contribution in [0.2, 0.25) is 0 Å². The Hall–Kier alpha value is -4.03. The van der Waals surface area contributed by atoms with Gasteiger partial charge in [-0.3, -0.25) is 4.79 Å². The van der Waals surface area contributed by atoms with E-state index in [4.69, 9.17) is 0 Å². The molecule has 1 fully saturated rings. The topological polar surface area (TPSA) is 127 Å². The normalized spacial score (nSPS) is 16.6. The van der Waals surface area contributed by atoms with Gasteiger partial charge in [0.1, 0.15) is 5.82 Å². The van der Waals surface area contributed by atoms with Crippen LogP contribution in [0.4, 0.5) is 10.1 Å². The zero-order chi connectivity index (χ0) is 33.8. The highest BCUT2D eigenvalue weighted by Crippen LogP contribution is 2.46. The molecule has 4 rings (SSSR count). The summed E-state index contributed by atoms with van der Waals surface area (Å²) in [6.07, 6.45) is 3.56. The lowest BCUT2D eigenvalue weighted by atomic mass is 9.78. The first-order valence-corrected chi connectivity index (χ1v) is 17.6. The minimum Gasteiger partial charge on any atom is -0.396 e. The van der Waals surface area contributed by atoms with Crippen LogP contribution in [0, 0.1) is 41.3 Å². The molecule has 1 saturated heterocycles. The first kappa shape index (κ1) is 35.8. The monoisotopic (exact) mass is 660 g/mol. The van der Waals surface area contributed by atoms with E-state index in [1.807, 2.05) is 48.5 Å². The molecule has 0 radical (unpaired) electrons. The zero-order valence-corrected chi connectivity index (χ0v) is 27.2. The van der Waals surface area contributed by atoms with Gasteiger partial charge >= 0.3 is 0 Å². The maximum atomic E-state index is 13.6. The highest BCUT2D eigenvalue weighted by Gasteiger charge is 2.48. The summed E-state index contributed by atoms with van der Waals surface area (Å²) < 4.78 is 38.1. The predicted octanol–water partition coefficient (Wildman–Crippen LogP) is 4.46. The van der Waals surface area contributed by atoms with Crippen molar-refractivity contribution in [2.45, 2.75) is 50.7 Å². The summed E-state index contributed by atoms with van der Waals surface area (Å²) in [4.78, 5) is 15.3. The number of anilines is 1. The van der Waals surface area contributed by atoms with Crippen molar-refractivity contribution in [2.24, 2.45) is 11.8 Å². The first-order valence-electron chi connectivity index (χ1n) is 15.7. The average Bonchev–Trinajstić information content (AvgIpc) is 3.06. The summed E-state index contributed by atoms with van der Waals surface area (Å²) in [7, 11) is -3.18. The third kappa shape index (κ3) is 10.5. The van der Waals surface area contributed by atoms with Gasteiger partial charge in [0.15, 0.2) is 0 Å². The highest BCUT2D eigenvalue weighted by atomic mass is 32.2. The molecule has 0 bridgehead atoms. The number of rotatable bonds is 14. The van der Waals surface area contributed by atoms with Gasteiger partial charge < -0.3 is 20.2 Å². The second-order valence-electron chi connectivity index (χ2n) is 11.7. The lowest BCUT2D eigenvalue weighted by molar-refractivity contribution is -0.131. The Bertz CT molecular complexity index is 1700. The molecule has 47 heavy (non-hydrogen) atoms. The van der Waals surface area contributed by atoms with Gasteiger partial charge in [0, 0.05) is 55.3 Å². The van der Waals surface area contributed by atoms with Crippen LogP contribution in [0.5, 0.6) is 0 Å². The molecule has 1 aliphatic heterocycles. The smallest absolute Gasteiger partial charge is 0.233 e. The van der Waals surface area contributed by atoms with Crippen molar-refractivity contribution in [1.82, 2.24) is 4.72 Å². The van der Waals surface area contributed by atoms with E-state index in [1.54, 1.807) is 17.0 Å². The molecule has 248 valence electrons. The largest absolute Gasteiger partial charge is 0.396 e. The summed E-state index contributed by atoms with van der Waals surface area (Å²) in [5.74, 6) is 11.2. The van der Waals surface area contributed by atoms with Crippen LogP contribution in [-0.2, 0) is 14.8 Å². The second kappa shape index (κ2) is 17.2. The number of halogens is 1. The van der Waals surface area contributed by atoms with E-state index in [2.05, 4.69) is 28.4 Å². The molecule has 1 heterocycles. The summed E-state index contributed by atoms with van der Waals surface area (Å²) >= 11 is 0. The number of carbonyl (C=O) groups is 1. The summed E-state index contributed by atoms with van der Waals surface area (Å²) in [6, 6.07) is 20.6. The third-order valence-corrected chi connectivity index (χ3v) is 8.81. The molecule has 1 aliphatic rings. The molecule has 4 N–H and O–H groups in total. The Morgan fingerprint density at radius 2 is 1.51 bits per heavy atom. The van der Waals surface area contributed by atoms with Crippen LogP contribution in [-0.4, -0.2) is 55.7 Å². The van der Waals surface area contributed by atoms with Crippen molar-refractivity contribution in [3.05, 3.63) is 101 Å².